The predicted molar refractivity (Wildman–Crippen MR) is 60.8 cm³/mol. The molecular formula is C11H11ClN4. The topological polar surface area (TPSA) is 43.6 Å². The summed E-state index contributed by atoms with van der Waals surface area (Å²) in [6.45, 7) is 0. The standard InChI is InChI=1S/C11H11ClN4/c12-10-5-6-11(15-14-10)16-7-13-8-3-1-2-4-9(8)16/h5-7H,1-4H2. The van der Waals surface area contributed by atoms with Crippen LogP contribution in [0.25, 0.3) is 5.82 Å². The van der Waals surface area contributed by atoms with Crippen LogP contribution in [-0.4, -0.2) is 19.7 Å². The summed E-state index contributed by atoms with van der Waals surface area (Å²) < 4.78 is 2.01. The first-order valence-corrected chi connectivity index (χ1v) is 5.77. The van der Waals surface area contributed by atoms with Gasteiger partial charge >= 0.3 is 0 Å². The van der Waals surface area contributed by atoms with Crippen molar-refractivity contribution in [3.63, 3.8) is 0 Å². The molecule has 0 N–H and O–H groups in total. The van der Waals surface area contributed by atoms with Crippen LogP contribution in [0.2, 0.25) is 5.15 Å². The fourth-order valence-electron chi connectivity index (χ4n) is 2.10. The fourth-order valence-corrected chi connectivity index (χ4v) is 2.20. The molecule has 3 rings (SSSR count). The fraction of sp³-hybridized carbons (Fsp3) is 0.364. The maximum atomic E-state index is 5.72. The quantitative estimate of drug-likeness (QED) is 0.760. The molecule has 0 unspecified atom stereocenters. The Morgan fingerprint density at radius 2 is 2.00 bits per heavy atom. The Bertz CT molecular complexity index is 503. The maximum absolute atomic E-state index is 5.72. The van der Waals surface area contributed by atoms with E-state index in [-0.39, 0.29) is 0 Å². The van der Waals surface area contributed by atoms with Gasteiger partial charge in [0.15, 0.2) is 11.0 Å². The Labute approximate surface area is 98.3 Å². The van der Waals surface area contributed by atoms with Gasteiger partial charge in [-0.05, 0) is 37.8 Å². The highest BCUT2D eigenvalue weighted by atomic mass is 35.5. The van der Waals surface area contributed by atoms with E-state index in [0.29, 0.717) is 5.15 Å². The van der Waals surface area contributed by atoms with Crippen molar-refractivity contribution < 1.29 is 0 Å². The summed E-state index contributed by atoms with van der Waals surface area (Å²) in [5.41, 5.74) is 2.46. The predicted octanol–water partition coefficient (Wildman–Crippen LogP) is 2.19. The normalized spacial score (nSPS) is 14.8. The maximum Gasteiger partial charge on any atom is 0.160 e. The van der Waals surface area contributed by atoms with Gasteiger partial charge in [-0.1, -0.05) is 11.6 Å². The molecule has 0 saturated carbocycles. The zero-order valence-electron chi connectivity index (χ0n) is 8.73. The molecular weight excluding hydrogens is 224 g/mol. The van der Waals surface area contributed by atoms with Gasteiger partial charge in [-0.2, -0.15) is 0 Å². The number of halogens is 1. The Morgan fingerprint density at radius 1 is 1.12 bits per heavy atom. The minimum atomic E-state index is 0.415. The van der Waals surface area contributed by atoms with Crippen molar-refractivity contribution in [1.29, 1.82) is 0 Å². The third kappa shape index (κ3) is 1.59. The Hall–Kier alpha value is -1.42. The molecule has 2 heterocycles. The molecule has 16 heavy (non-hydrogen) atoms. The average molecular weight is 235 g/mol. The minimum Gasteiger partial charge on any atom is -0.286 e. The second kappa shape index (κ2) is 3.87. The molecule has 0 spiro atoms. The first kappa shape index (κ1) is 9.78. The van der Waals surface area contributed by atoms with Crippen LogP contribution in [0.5, 0.6) is 0 Å². The Balaban J connectivity index is 2.06. The third-order valence-corrected chi connectivity index (χ3v) is 3.10. The lowest BCUT2D eigenvalue weighted by molar-refractivity contribution is 0.653. The van der Waals surface area contributed by atoms with Crippen LogP contribution < -0.4 is 0 Å². The molecule has 5 heteroatoms. The molecule has 0 fully saturated rings. The summed E-state index contributed by atoms with van der Waals surface area (Å²) in [6, 6.07) is 3.62. The van der Waals surface area contributed by atoms with E-state index < -0.39 is 0 Å². The van der Waals surface area contributed by atoms with Gasteiger partial charge in [0.1, 0.15) is 6.33 Å². The van der Waals surface area contributed by atoms with Gasteiger partial charge in [-0.25, -0.2) is 4.98 Å². The summed E-state index contributed by atoms with van der Waals surface area (Å²) in [6.07, 6.45) is 6.42. The van der Waals surface area contributed by atoms with Gasteiger partial charge in [0.2, 0.25) is 0 Å². The molecule has 0 atom stereocenters. The number of fused-ring (bicyclic) bond motifs is 1. The van der Waals surface area contributed by atoms with Crippen molar-refractivity contribution in [2.45, 2.75) is 25.7 Å². The molecule has 0 aromatic carbocycles. The monoisotopic (exact) mass is 234 g/mol. The van der Waals surface area contributed by atoms with Gasteiger partial charge < -0.3 is 0 Å². The van der Waals surface area contributed by atoms with Crippen molar-refractivity contribution in [2.75, 3.05) is 0 Å². The zero-order chi connectivity index (χ0) is 11.0. The van der Waals surface area contributed by atoms with Crippen LogP contribution in [-0.2, 0) is 12.8 Å². The molecule has 0 bridgehead atoms. The van der Waals surface area contributed by atoms with Crippen molar-refractivity contribution in [2.24, 2.45) is 0 Å². The third-order valence-electron chi connectivity index (χ3n) is 2.89. The number of aryl methyl sites for hydroxylation is 1. The molecule has 4 nitrogen and oxygen atoms in total. The van der Waals surface area contributed by atoms with Crippen molar-refractivity contribution in [3.8, 4) is 5.82 Å². The number of hydrogen-bond acceptors (Lipinski definition) is 3. The summed E-state index contributed by atoms with van der Waals surface area (Å²) in [5.74, 6) is 0.792. The van der Waals surface area contributed by atoms with Gasteiger partial charge in [0.05, 0.1) is 5.69 Å². The summed E-state index contributed by atoms with van der Waals surface area (Å²) in [7, 11) is 0. The van der Waals surface area contributed by atoms with Crippen LogP contribution in [0.4, 0.5) is 0 Å². The molecule has 0 amide bonds. The van der Waals surface area contributed by atoms with Crippen LogP contribution in [0, 0.1) is 0 Å². The van der Waals surface area contributed by atoms with E-state index >= 15 is 0 Å². The number of imidazole rings is 1. The SMILES string of the molecule is Clc1ccc(-n2cnc3c2CCCC3)nn1. The highest BCUT2D eigenvalue weighted by Gasteiger charge is 2.16. The lowest BCUT2D eigenvalue weighted by Gasteiger charge is -2.12. The highest BCUT2D eigenvalue weighted by molar-refractivity contribution is 6.29. The molecule has 1 aliphatic rings. The van der Waals surface area contributed by atoms with Crippen molar-refractivity contribution in [3.05, 3.63) is 35.0 Å². The van der Waals surface area contributed by atoms with E-state index in [1.165, 1.54) is 24.2 Å². The summed E-state index contributed by atoms with van der Waals surface area (Å²) in [4.78, 5) is 4.42. The molecule has 0 saturated heterocycles. The van der Waals surface area contributed by atoms with Crippen LogP contribution in [0.15, 0.2) is 18.5 Å². The van der Waals surface area contributed by atoms with E-state index in [4.69, 9.17) is 11.6 Å². The average Bonchev–Trinajstić information content (AvgIpc) is 2.74. The van der Waals surface area contributed by atoms with E-state index in [1.807, 2.05) is 17.0 Å². The second-order valence-corrected chi connectivity index (χ2v) is 4.32. The van der Waals surface area contributed by atoms with Crippen molar-refractivity contribution in [1.82, 2.24) is 19.7 Å². The molecule has 0 aliphatic heterocycles. The van der Waals surface area contributed by atoms with Gasteiger partial charge in [0, 0.05) is 5.69 Å². The number of hydrogen-bond donors (Lipinski definition) is 0. The first-order chi connectivity index (χ1) is 7.84. The lowest BCUT2D eigenvalue weighted by atomic mass is 10.0. The van der Waals surface area contributed by atoms with E-state index in [1.54, 1.807) is 6.07 Å². The summed E-state index contributed by atoms with van der Waals surface area (Å²) >= 11 is 5.72. The van der Waals surface area contributed by atoms with Gasteiger partial charge in [-0.3, -0.25) is 4.57 Å². The van der Waals surface area contributed by atoms with Gasteiger partial charge in [0.25, 0.3) is 0 Å². The Morgan fingerprint density at radius 3 is 2.81 bits per heavy atom. The molecule has 2 aromatic heterocycles. The van der Waals surface area contributed by atoms with E-state index in [0.717, 1.165) is 18.7 Å². The largest absolute Gasteiger partial charge is 0.286 e. The van der Waals surface area contributed by atoms with Crippen LogP contribution in [0.1, 0.15) is 24.2 Å². The number of rotatable bonds is 1. The van der Waals surface area contributed by atoms with Crippen molar-refractivity contribution >= 4 is 11.6 Å². The first-order valence-electron chi connectivity index (χ1n) is 5.39. The van der Waals surface area contributed by atoms with Gasteiger partial charge in [-0.15, -0.1) is 10.2 Å². The number of aromatic nitrogens is 4. The molecule has 2 aromatic rings. The van der Waals surface area contributed by atoms with E-state index in [9.17, 15) is 0 Å². The Kier molecular flexibility index (Phi) is 2.36. The van der Waals surface area contributed by atoms with Crippen LogP contribution in [0.3, 0.4) is 0 Å². The minimum absolute atomic E-state index is 0.415. The molecule has 1 aliphatic carbocycles. The zero-order valence-corrected chi connectivity index (χ0v) is 9.48. The summed E-state index contributed by atoms with van der Waals surface area (Å²) in [5, 5.41) is 8.34. The molecule has 82 valence electrons. The smallest absolute Gasteiger partial charge is 0.160 e. The second-order valence-electron chi connectivity index (χ2n) is 3.93. The lowest BCUT2D eigenvalue weighted by Crippen LogP contribution is -2.08. The number of nitrogens with zero attached hydrogens (tertiary/aromatic N) is 4. The van der Waals surface area contributed by atoms with Crippen LogP contribution >= 0.6 is 11.6 Å². The highest BCUT2D eigenvalue weighted by Crippen LogP contribution is 2.22. The molecule has 0 radical (unpaired) electrons. The van der Waals surface area contributed by atoms with E-state index in [2.05, 4.69) is 15.2 Å².